The zero-order valence-corrected chi connectivity index (χ0v) is 17.7. The van der Waals surface area contributed by atoms with Gasteiger partial charge < -0.3 is 14.5 Å². The average Bonchev–Trinajstić information content (AvgIpc) is 3.39. The first-order chi connectivity index (χ1) is 14.5. The Morgan fingerprint density at radius 2 is 1.80 bits per heavy atom. The topological polar surface area (TPSA) is 67.7 Å². The number of ether oxygens (including phenoxy) is 1. The minimum absolute atomic E-state index is 0.0102. The summed E-state index contributed by atoms with van der Waals surface area (Å²) in [5.74, 6) is 2.13. The van der Waals surface area contributed by atoms with E-state index in [0.717, 1.165) is 38.2 Å². The lowest BCUT2D eigenvalue weighted by molar-refractivity contribution is -0.130. The van der Waals surface area contributed by atoms with Crippen molar-refractivity contribution in [2.24, 2.45) is 24.8 Å². The molecule has 0 N–H and O–H groups in total. The highest BCUT2D eigenvalue weighted by molar-refractivity contribution is 5.92. The number of carbonyl (C=O) groups excluding carboxylic acids is 2. The van der Waals surface area contributed by atoms with Crippen LogP contribution < -0.4 is 4.74 Å². The maximum atomic E-state index is 13.0. The van der Waals surface area contributed by atoms with E-state index in [0.29, 0.717) is 30.7 Å². The van der Waals surface area contributed by atoms with Gasteiger partial charge in [-0.15, -0.1) is 0 Å². The third-order valence-electron chi connectivity index (χ3n) is 6.51. The zero-order valence-electron chi connectivity index (χ0n) is 17.7. The predicted molar refractivity (Wildman–Crippen MR) is 113 cm³/mol. The van der Waals surface area contributed by atoms with E-state index in [9.17, 15) is 9.59 Å². The van der Waals surface area contributed by atoms with Gasteiger partial charge in [0.05, 0.1) is 6.61 Å². The van der Waals surface area contributed by atoms with Gasteiger partial charge in [0.15, 0.2) is 0 Å². The summed E-state index contributed by atoms with van der Waals surface area (Å²) in [7, 11) is 1.82. The number of hydrogen-bond acceptors (Lipinski definition) is 4. The van der Waals surface area contributed by atoms with Crippen molar-refractivity contribution in [3.05, 3.63) is 48.3 Å². The number of piperidine rings is 1. The number of hydrogen-bond donors (Lipinski definition) is 0. The fourth-order valence-corrected chi connectivity index (χ4v) is 4.83. The van der Waals surface area contributed by atoms with Gasteiger partial charge in [-0.05, 0) is 42.9 Å². The molecular formula is C23H30N4O3. The second-order valence-electron chi connectivity index (χ2n) is 8.48. The number of benzene rings is 1. The Morgan fingerprint density at radius 3 is 2.43 bits per heavy atom. The summed E-state index contributed by atoms with van der Waals surface area (Å²) in [5.41, 5.74) is 0.493. The van der Waals surface area contributed by atoms with Crippen LogP contribution in [0.25, 0.3) is 0 Å². The molecule has 0 bridgehead atoms. The largest absolute Gasteiger partial charge is 0.493 e. The molecule has 2 aliphatic heterocycles. The minimum Gasteiger partial charge on any atom is -0.493 e. The summed E-state index contributed by atoms with van der Waals surface area (Å²) in [6.45, 7) is 5.24. The van der Waals surface area contributed by atoms with Crippen molar-refractivity contribution >= 4 is 11.8 Å². The van der Waals surface area contributed by atoms with Gasteiger partial charge in [0, 0.05) is 52.3 Å². The monoisotopic (exact) mass is 410 g/mol. The number of aromatic nitrogens is 2. The third kappa shape index (κ3) is 4.50. The Balaban J connectivity index is 1.46. The van der Waals surface area contributed by atoms with E-state index in [1.165, 1.54) is 0 Å². The highest BCUT2D eigenvalue weighted by atomic mass is 16.5. The van der Waals surface area contributed by atoms with Crippen LogP contribution in [0.4, 0.5) is 0 Å². The van der Waals surface area contributed by atoms with Crippen LogP contribution in [0.2, 0.25) is 0 Å². The van der Waals surface area contributed by atoms with E-state index in [1.54, 1.807) is 23.9 Å². The highest BCUT2D eigenvalue weighted by Gasteiger charge is 2.41. The van der Waals surface area contributed by atoms with Gasteiger partial charge in [0.25, 0.3) is 5.91 Å². The second kappa shape index (κ2) is 8.90. The lowest BCUT2D eigenvalue weighted by Crippen LogP contribution is -2.40. The van der Waals surface area contributed by atoms with Crippen molar-refractivity contribution in [1.29, 1.82) is 0 Å². The molecule has 1 aromatic carbocycles. The maximum absolute atomic E-state index is 13.0. The van der Waals surface area contributed by atoms with E-state index in [-0.39, 0.29) is 17.7 Å². The van der Waals surface area contributed by atoms with Gasteiger partial charge in [-0.25, -0.2) is 0 Å². The van der Waals surface area contributed by atoms with E-state index in [1.807, 2.05) is 47.2 Å². The number of carbonyl (C=O) groups is 2. The second-order valence-corrected chi connectivity index (χ2v) is 8.48. The Labute approximate surface area is 177 Å². The summed E-state index contributed by atoms with van der Waals surface area (Å²) < 4.78 is 7.75. The molecule has 2 saturated heterocycles. The van der Waals surface area contributed by atoms with Crippen molar-refractivity contribution in [2.45, 2.75) is 19.8 Å². The summed E-state index contributed by atoms with van der Waals surface area (Å²) in [6.07, 6.45) is 3.77. The predicted octanol–water partition coefficient (Wildman–Crippen LogP) is 2.45. The maximum Gasteiger partial charge on any atom is 0.274 e. The number of rotatable bonds is 5. The molecule has 3 heterocycles. The van der Waals surface area contributed by atoms with Crippen LogP contribution in [-0.2, 0) is 11.8 Å². The first-order valence-corrected chi connectivity index (χ1v) is 10.7. The van der Waals surface area contributed by atoms with E-state index < -0.39 is 0 Å². The van der Waals surface area contributed by atoms with Crippen molar-refractivity contribution in [3.63, 3.8) is 0 Å². The molecule has 160 valence electrons. The molecule has 4 rings (SSSR count). The lowest BCUT2D eigenvalue weighted by atomic mass is 9.78. The summed E-state index contributed by atoms with van der Waals surface area (Å²) in [4.78, 5) is 28.6. The van der Waals surface area contributed by atoms with Crippen LogP contribution in [0.3, 0.4) is 0 Å². The van der Waals surface area contributed by atoms with Crippen LogP contribution in [0.5, 0.6) is 5.75 Å². The van der Waals surface area contributed by atoms with Gasteiger partial charge in [-0.3, -0.25) is 14.3 Å². The summed E-state index contributed by atoms with van der Waals surface area (Å²) in [6, 6.07) is 11.6. The number of para-hydroxylation sites is 1. The standard InChI is InChI=1S/C23H30N4O3/c1-17(28)26-12-8-18(9-13-26)21-15-27(23(29)22-10-11-25(2)24-22)14-19(21)16-30-20-6-4-3-5-7-20/h3-7,10-11,18-19,21H,8-9,12-16H2,1-2H3/t19-,21-/m0/s1. The van der Waals surface area contributed by atoms with E-state index >= 15 is 0 Å². The van der Waals surface area contributed by atoms with Crippen LogP contribution in [0.15, 0.2) is 42.6 Å². The Morgan fingerprint density at radius 1 is 1.07 bits per heavy atom. The normalized spacial score (nSPS) is 22.3. The van der Waals surface area contributed by atoms with Crippen LogP contribution in [0, 0.1) is 17.8 Å². The van der Waals surface area contributed by atoms with E-state index in [2.05, 4.69) is 5.10 Å². The van der Waals surface area contributed by atoms with Gasteiger partial charge >= 0.3 is 0 Å². The van der Waals surface area contributed by atoms with Crippen molar-refractivity contribution in [3.8, 4) is 5.75 Å². The molecule has 2 fully saturated rings. The van der Waals surface area contributed by atoms with Crippen molar-refractivity contribution in [1.82, 2.24) is 19.6 Å². The average molecular weight is 411 g/mol. The van der Waals surface area contributed by atoms with Gasteiger partial charge in [-0.2, -0.15) is 5.10 Å². The highest BCUT2D eigenvalue weighted by Crippen LogP contribution is 2.36. The van der Waals surface area contributed by atoms with Gasteiger partial charge in [0.2, 0.25) is 5.91 Å². The first kappa shape index (κ1) is 20.4. The lowest BCUT2D eigenvalue weighted by Gasteiger charge is -2.36. The first-order valence-electron chi connectivity index (χ1n) is 10.7. The molecule has 0 radical (unpaired) electrons. The SMILES string of the molecule is CC(=O)N1CCC([C@@H]2CN(C(=O)c3ccn(C)n3)C[C@H]2COc2ccccc2)CC1. The molecule has 1 aromatic heterocycles. The molecule has 2 aromatic rings. The van der Waals surface area contributed by atoms with Gasteiger partial charge in [-0.1, -0.05) is 18.2 Å². The summed E-state index contributed by atoms with van der Waals surface area (Å²) >= 11 is 0. The van der Waals surface area contributed by atoms with Crippen LogP contribution >= 0.6 is 0 Å². The minimum atomic E-state index is -0.0102. The van der Waals surface area contributed by atoms with Crippen LogP contribution in [0.1, 0.15) is 30.3 Å². The van der Waals surface area contributed by atoms with Crippen molar-refractivity contribution in [2.75, 3.05) is 32.8 Å². The zero-order chi connectivity index (χ0) is 21.1. The molecular weight excluding hydrogens is 380 g/mol. The number of amides is 2. The number of aryl methyl sites for hydroxylation is 1. The van der Waals surface area contributed by atoms with E-state index in [4.69, 9.17) is 4.74 Å². The molecule has 0 spiro atoms. The fraction of sp³-hybridized carbons (Fsp3) is 0.522. The molecule has 2 aliphatic rings. The smallest absolute Gasteiger partial charge is 0.274 e. The Kier molecular flexibility index (Phi) is 6.06. The molecule has 0 aliphatic carbocycles. The fourth-order valence-electron chi connectivity index (χ4n) is 4.83. The number of nitrogens with zero attached hydrogens (tertiary/aromatic N) is 4. The molecule has 2 amide bonds. The Hall–Kier alpha value is -2.83. The van der Waals surface area contributed by atoms with Crippen molar-refractivity contribution < 1.29 is 14.3 Å². The quantitative estimate of drug-likeness (QED) is 0.759. The molecule has 2 atom stereocenters. The Bertz CT molecular complexity index is 874. The number of likely N-dealkylation sites (tertiary alicyclic amines) is 2. The third-order valence-corrected chi connectivity index (χ3v) is 6.51. The molecule has 7 nitrogen and oxygen atoms in total. The summed E-state index contributed by atoms with van der Waals surface area (Å²) in [5, 5.41) is 4.29. The van der Waals surface area contributed by atoms with Crippen LogP contribution in [-0.4, -0.2) is 64.2 Å². The van der Waals surface area contributed by atoms with Gasteiger partial charge in [0.1, 0.15) is 11.4 Å². The molecule has 7 heteroatoms. The molecule has 0 unspecified atom stereocenters. The molecule has 30 heavy (non-hydrogen) atoms. The molecule has 0 saturated carbocycles.